The first-order chi connectivity index (χ1) is 34.5. The molecular formula is C46H58N2O24S2U-6. The first kappa shape index (κ1) is 65.0. The summed E-state index contributed by atoms with van der Waals surface area (Å²) in [6, 6.07) is 15.6. The molecule has 3 aromatic carbocycles. The number of nitrogens with zero attached hydrogens (tertiary/aromatic N) is 2. The van der Waals surface area contributed by atoms with Crippen molar-refractivity contribution in [3.05, 3.63) is 82.9 Å². The van der Waals surface area contributed by atoms with E-state index in [1.807, 2.05) is 0 Å². The largest absolute Gasteiger partial charge is 2.00 e. The van der Waals surface area contributed by atoms with Crippen molar-refractivity contribution in [2.24, 2.45) is 9.98 Å². The first-order valence-corrected chi connectivity index (χ1v) is 24.7. The fraction of sp³-hybridized carbons (Fsp3) is 0.565. The quantitative estimate of drug-likeness (QED) is 0.0530. The van der Waals surface area contributed by atoms with E-state index in [0.717, 1.165) is 23.5 Å². The number of aliphatic hydroxyl groups excluding tert-OH is 14. The third-order valence-corrected chi connectivity index (χ3v) is 14.9. The van der Waals surface area contributed by atoms with Crippen LogP contribution in [0.15, 0.2) is 70.6 Å². The summed E-state index contributed by atoms with van der Waals surface area (Å²) in [5.41, 5.74) is 0.00658. The molecule has 0 spiro atoms. The van der Waals surface area contributed by atoms with Crippen LogP contribution < -0.4 is 10.2 Å². The minimum absolute atomic E-state index is 0. The molecule has 4 saturated heterocycles. The van der Waals surface area contributed by atoms with Crippen LogP contribution in [0.1, 0.15) is 22.3 Å². The maximum absolute atomic E-state index is 12.9. The van der Waals surface area contributed by atoms with Gasteiger partial charge in [0.15, 0.2) is 12.6 Å². The van der Waals surface area contributed by atoms with Gasteiger partial charge in [-0.15, -0.1) is 35.0 Å². The Hall–Kier alpha value is -2.53. The number of thioether (sulfide) groups is 2. The molecule has 14 N–H and O–H groups in total. The predicted octanol–water partition coefficient (Wildman–Crippen LogP) is -5.19. The Morgan fingerprint density at radius 3 is 1.17 bits per heavy atom. The summed E-state index contributed by atoms with van der Waals surface area (Å²) < 4.78 is 33.7. The number of hydrogen-bond acceptors (Lipinski definition) is 26. The van der Waals surface area contributed by atoms with Crippen LogP contribution in [0.25, 0.3) is 0 Å². The minimum Gasteiger partial charge on any atom is -2.00 e. The predicted molar refractivity (Wildman–Crippen MR) is 249 cm³/mol. The van der Waals surface area contributed by atoms with Gasteiger partial charge >= 0.3 is 0 Å². The van der Waals surface area contributed by atoms with Gasteiger partial charge in [0, 0.05) is 55.0 Å². The molecule has 4 heterocycles. The fourth-order valence-corrected chi connectivity index (χ4v) is 10.5. The van der Waals surface area contributed by atoms with Crippen molar-refractivity contribution < 1.29 is 152 Å². The molecule has 4 aliphatic heterocycles. The smallest absolute Gasteiger partial charge is 0.187 e. The molecule has 0 saturated carbocycles. The molecule has 0 unspecified atom stereocenters. The van der Waals surface area contributed by atoms with Gasteiger partial charge in [0.2, 0.25) is 0 Å². The second-order valence-electron chi connectivity index (χ2n) is 17.4. The summed E-state index contributed by atoms with van der Waals surface area (Å²) in [6.45, 7) is -2.86. The summed E-state index contributed by atoms with van der Waals surface area (Å²) in [5.74, 6) is -0.451. The minimum atomic E-state index is -1.81. The molecule has 4 fully saturated rings. The van der Waals surface area contributed by atoms with E-state index in [0.29, 0.717) is 22.5 Å². The molecule has 0 radical (unpaired) electrons. The third kappa shape index (κ3) is 15.2. The molecule has 4 aliphatic rings. The molecule has 418 valence electrons. The van der Waals surface area contributed by atoms with Crippen molar-refractivity contribution >= 4 is 47.3 Å². The van der Waals surface area contributed by atoms with Gasteiger partial charge in [0.1, 0.15) is 109 Å². The summed E-state index contributed by atoms with van der Waals surface area (Å²) in [5, 5.41) is 170. The molecule has 3 aromatic rings. The zero-order chi connectivity index (χ0) is 52.0. The zero-order valence-corrected chi connectivity index (χ0v) is 45.1. The van der Waals surface area contributed by atoms with Crippen molar-refractivity contribution in [2.75, 3.05) is 26.4 Å². The number of benzene rings is 3. The van der Waals surface area contributed by atoms with Gasteiger partial charge in [-0.05, 0) is 46.5 Å². The molecular weight excluding hydrogens is 1270 g/mol. The van der Waals surface area contributed by atoms with Gasteiger partial charge in [-0.1, -0.05) is 36.4 Å². The number of hydrogen-bond donors (Lipinski definition) is 14. The number of para-hydroxylation sites is 2. The summed E-state index contributed by atoms with van der Waals surface area (Å²) in [7, 11) is 0. The van der Waals surface area contributed by atoms with Crippen molar-refractivity contribution in [3.63, 3.8) is 0 Å². The summed E-state index contributed by atoms with van der Waals surface area (Å²) in [6.07, 6.45) is -25.8. The summed E-state index contributed by atoms with van der Waals surface area (Å²) in [4.78, 5) is 8.99. The number of rotatable bonds is 18. The van der Waals surface area contributed by atoms with E-state index in [1.165, 1.54) is 24.6 Å². The Balaban J connectivity index is 0.00000406. The van der Waals surface area contributed by atoms with Crippen molar-refractivity contribution in [1.29, 1.82) is 0 Å². The molecule has 0 aromatic heterocycles. The van der Waals surface area contributed by atoms with E-state index in [1.54, 1.807) is 48.5 Å². The van der Waals surface area contributed by atoms with Crippen molar-refractivity contribution in [1.82, 2.24) is 0 Å². The van der Waals surface area contributed by atoms with Crippen LogP contribution in [-0.2, 0) is 50.9 Å². The topological polar surface area (TPSA) is 466 Å². The molecule has 26 nitrogen and oxygen atoms in total. The molecule has 75 heavy (non-hydrogen) atoms. The van der Waals surface area contributed by atoms with Crippen LogP contribution in [0.5, 0.6) is 11.5 Å². The third-order valence-electron chi connectivity index (χ3n) is 12.5. The van der Waals surface area contributed by atoms with E-state index in [-0.39, 0.29) is 76.2 Å². The van der Waals surface area contributed by atoms with Gasteiger partial charge in [-0.2, -0.15) is 0 Å². The monoisotopic (exact) mass is 1320 g/mol. The van der Waals surface area contributed by atoms with Crippen LogP contribution in [0, 0.1) is 31.1 Å². The van der Waals surface area contributed by atoms with Gasteiger partial charge < -0.3 is 121 Å². The Labute approximate surface area is 460 Å². The normalized spacial score (nSPS) is 36.1. The Morgan fingerprint density at radius 2 is 0.827 bits per heavy atom. The van der Waals surface area contributed by atoms with Gasteiger partial charge in [-0.25, -0.2) is 0 Å². The maximum atomic E-state index is 12.9. The summed E-state index contributed by atoms with van der Waals surface area (Å²) >= 11 is 2.08. The van der Waals surface area contributed by atoms with E-state index in [2.05, 4.69) is 9.98 Å². The molecule has 20 atom stereocenters. The van der Waals surface area contributed by atoms with Crippen LogP contribution in [0.4, 0.5) is 11.4 Å². The van der Waals surface area contributed by atoms with Gasteiger partial charge in [-0.3, -0.25) is 9.98 Å². The van der Waals surface area contributed by atoms with E-state index in [9.17, 15) is 81.7 Å². The van der Waals surface area contributed by atoms with Crippen LogP contribution >= 0.6 is 23.5 Å². The second kappa shape index (κ2) is 29.6. The number of aliphatic imine (C=N–C) groups is 2. The molecule has 0 amide bonds. The van der Waals surface area contributed by atoms with Gasteiger partial charge in [0.25, 0.3) is 0 Å². The van der Waals surface area contributed by atoms with E-state index >= 15 is 0 Å². The average molecular weight is 1330 g/mol. The molecule has 0 bridgehead atoms. The molecule has 29 heteroatoms. The van der Waals surface area contributed by atoms with Crippen LogP contribution in [-0.4, -0.2) is 231 Å². The van der Waals surface area contributed by atoms with E-state index < -0.39 is 148 Å². The van der Waals surface area contributed by atoms with Crippen molar-refractivity contribution in [2.45, 2.75) is 133 Å². The standard InChI is InChI=1S/C46H60N2O22S2.2O.U/c49-13-27-31(55)33(57)37(61)43(65-27)69-41-29(15-51)67-45(39(63)35(41)59)71-17-19-5-7-25(53)21(9-19)11-47-23-3-1-2-4-24(23)48-12-22-10-20(6-8-26(22)54)18-72-46-40(64)36(60)42(30(16-52)68-46)70-44-38(62)34(58)32(56)28(14-50)66-44;;;/h1-12,27-46,49-64H,13-18H2;;;/q;2*-2;/p-2/t27-,28-,29-,30-,31-,32-,33+,34+,35-,36-,37-,38-,39-,40-,41-,42-,43+,44+,45+,46+;;;/m1.../s1. The van der Waals surface area contributed by atoms with Gasteiger partial charge in [0.05, 0.1) is 37.8 Å². The van der Waals surface area contributed by atoms with Crippen LogP contribution in [0.3, 0.4) is 0 Å². The number of aliphatic hydroxyl groups is 14. The zero-order valence-electron chi connectivity index (χ0n) is 39.3. The Morgan fingerprint density at radius 1 is 0.467 bits per heavy atom. The van der Waals surface area contributed by atoms with Crippen molar-refractivity contribution in [3.8, 4) is 11.5 Å². The Kier molecular flexibility index (Phi) is 25.7. The molecule has 7 rings (SSSR count). The van der Waals surface area contributed by atoms with Crippen LogP contribution in [0.2, 0.25) is 0 Å². The second-order valence-corrected chi connectivity index (χ2v) is 19.6. The fourth-order valence-electron chi connectivity index (χ4n) is 8.28. The maximum Gasteiger partial charge on any atom is 0.187 e. The average Bonchev–Trinajstić information content (AvgIpc) is 3.38. The Bertz CT molecular complexity index is 2140. The first-order valence-electron chi connectivity index (χ1n) is 22.7. The molecule has 0 aliphatic carbocycles. The van der Waals surface area contributed by atoms with E-state index in [4.69, 9.17) is 28.4 Å². The SMILES string of the molecule is [O-2].[O-2].[O-]c1ccc(CS[C@@H]2O[C@H](CO)[C@@H](O[C@@H]3O[C@H](CO)[C@@H](O)[C@H](O)[C@H]3O)[C@H](O)[C@H]2O)cc1C=Nc1ccccc1N=Cc1cc(CS[C@@H]2O[C@H](CO)[C@@H](O[C@@H]3O[C@H](CO)[C@@H](O)[C@H](O)[C@H]3O)[C@H](O)[C@H]2O)ccc1[O-].[U]. The number of ether oxygens (including phenoxy) is 6.